The Bertz CT molecular complexity index is 1160. The SMILES string of the molecule is COc1cncc(Nc2ncc(C(F)(F)F)c(Nc3cccc(C(=O)C=C(C)C)c3)n2)c1. The first-order chi connectivity index (χ1) is 15.2. The second-order valence-electron chi connectivity index (χ2n) is 6.98. The number of halogens is 3. The molecule has 0 bridgehead atoms. The van der Waals surface area contributed by atoms with E-state index in [1.165, 1.54) is 31.6 Å². The lowest BCUT2D eigenvalue weighted by Crippen LogP contribution is -2.13. The summed E-state index contributed by atoms with van der Waals surface area (Å²) in [6.45, 7) is 3.56. The van der Waals surface area contributed by atoms with Crippen molar-refractivity contribution in [3.8, 4) is 5.75 Å². The molecule has 2 heterocycles. The van der Waals surface area contributed by atoms with E-state index < -0.39 is 17.6 Å². The van der Waals surface area contributed by atoms with Crippen LogP contribution in [0.15, 0.2) is 60.6 Å². The molecule has 2 aromatic heterocycles. The van der Waals surface area contributed by atoms with Crippen LogP contribution in [0, 0.1) is 0 Å². The van der Waals surface area contributed by atoms with E-state index in [9.17, 15) is 18.0 Å². The molecule has 0 aliphatic rings. The summed E-state index contributed by atoms with van der Waals surface area (Å²) in [5.41, 5.74) is 0.805. The zero-order valence-electron chi connectivity index (χ0n) is 17.5. The van der Waals surface area contributed by atoms with E-state index in [0.717, 1.165) is 5.57 Å². The maximum atomic E-state index is 13.5. The minimum atomic E-state index is -4.69. The van der Waals surface area contributed by atoms with E-state index in [-0.39, 0.29) is 17.4 Å². The quantitative estimate of drug-likeness (QED) is 0.366. The summed E-state index contributed by atoms with van der Waals surface area (Å²) >= 11 is 0. The lowest BCUT2D eigenvalue weighted by molar-refractivity contribution is -0.137. The Kier molecular flexibility index (Phi) is 6.72. The molecule has 7 nitrogen and oxygen atoms in total. The summed E-state index contributed by atoms with van der Waals surface area (Å²) in [5, 5.41) is 5.45. The first-order valence-corrected chi connectivity index (χ1v) is 9.42. The van der Waals surface area contributed by atoms with Crippen LogP contribution in [-0.4, -0.2) is 27.8 Å². The number of aromatic nitrogens is 3. The molecular weight excluding hydrogens is 423 g/mol. The van der Waals surface area contributed by atoms with Crippen LogP contribution in [0.2, 0.25) is 0 Å². The van der Waals surface area contributed by atoms with Crippen molar-refractivity contribution in [3.63, 3.8) is 0 Å². The van der Waals surface area contributed by atoms with Gasteiger partial charge in [-0.3, -0.25) is 9.78 Å². The molecule has 32 heavy (non-hydrogen) atoms. The van der Waals surface area contributed by atoms with Crippen molar-refractivity contribution in [2.45, 2.75) is 20.0 Å². The molecule has 0 unspecified atom stereocenters. The van der Waals surface area contributed by atoms with Gasteiger partial charge in [-0.05, 0) is 32.1 Å². The van der Waals surface area contributed by atoms with Crippen molar-refractivity contribution < 1.29 is 22.7 Å². The number of ether oxygens (including phenoxy) is 1. The van der Waals surface area contributed by atoms with Crippen molar-refractivity contribution >= 4 is 28.9 Å². The van der Waals surface area contributed by atoms with Gasteiger partial charge in [0.25, 0.3) is 0 Å². The molecule has 0 amide bonds. The van der Waals surface area contributed by atoms with E-state index in [1.54, 1.807) is 38.1 Å². The third kappa shape index (κ3) is 5.81. The Morgan fingerprint density at radius 2 is 1.84 bits per heavy atom. The molecule has 2 N–H and O–H groups in total. The summed E-state index contributed by atoms with van der Waals surface area (Å²) in [5.74, 6) is -0.330. The van der Waals surface area contributed by atoms with Gasteiger partial charge in [0.2, 0.25) is 5.95 Å². The van der Waals surface area contributed by atoms with Crippen LogP contribution in [0.3, 0.4) is 0 Å². The van der Waals surface area contributed by atoms with Gasteiger partial charge in [0.1, 0.15) is 17.1 Å². The van der Waals surface area contributed by atoms with E-state index in [2.05, 4.69) is 25.6 Å². The molecule has 0 spiro atoms. The van der Waals surface area contributed by atoms with Gasteiger partial charge in [0.15, 0.2) is 5.78 Å². The van der Waals surface area contributed by atoms with Crippen LogP contribution in [0.5, 0.6) is 5.75 Å². The predicted molar refractivity (Wildman–Crippen MR) is 115 cm³/mol. The molecule has 3 rings (SSSR count). The van der Waals surface area contributed by atoms with Gasteiger partial charge in [0, 0.05) is 23.5 Å². The van der Waals surface area contributed by atoms with Crippen LogP contribution in [0.1, 0.15) is 29.8 Å². The Hall–Kier alpha value is -3.95. The molecule has 10 heteroatoms. The maximum Gasteiger partial charge on any atom is 0.421 e. The highest BCUT2D eigenvalue weighted by Gasteiger charge is 2.35. The molecule has 0 fully saturated rings. The largest absolute Gasteiger partial charge is 0.495 e. The van der Waals surface area contributed by atoms with Crippen LogP contribution >= 0.6 is 0 Å². The molecule has 0 radical (unpaired) electrons. The standard InChI is InChI=1S/C22H20F3N5O2/c1-13(2)7-19(31)14-5-4-6-15(8-14)28-20-18(22(23,24)25)12-27-21(30-20)29-16-9-17(32-3)11-26-10-16/h4-12H,1-3H3,(H2,27,28,29,30). The Balaban J connectivity index is 1.94. The zero-order chi connectivity index (χ0) is 23.3. The number of hydrogen-bond acceptors (Lipinski definition) is 7. The number of allylic oxidation sites excluding steroid dienone is 2. The van der Waals surface area contributed by atoms with E-state index in [0.29, 0.717) is 23.2 Å². The summed E-state index contributed by atoms with van der Waals surface area (Å²) < 4.78 is 45.7. The monoisotopic (exact) mass is 443 g/mol. The zero-order valence-corrected chi connectivity index (χ0v) is 17.5. The van der Waals surface area contributed by atoms with Gasteiger partial charge in [-0.2, -0.15) is 18.2 Å². The lowest BCUT2D eigenvalue weighted by Gasteiger charge is -2.15. The Morgan fingerprint density at radius 1 is 1.06 bits per heavy atom. The first-order valence-electron chi connectivity index (χ1n) is 9.42. The Labute approximate surface area is 182 Å². The van der Waals surface area contributed by atoms with Crippen LogP contribution < -0.4 is 15.4 Å². The number of benzene rings is 1. The normalized spacial score (nSPS) is 10.9. The van der Waals surface area contributed by atoms with Crippen LogP contribution in [0.25, 0.3) is 0 Å². The molecule has 3 aromatic rings. The summed E-state index contributed by atoms with van der Waals surface area (Å²) in [6.07, 6.45) is 0.386. The molecule has 166 valence electrons. The highest BCUT2D eigenvalue weighted by molar-refractivity contribution is 6.05. The average molecular weight is 443 g/mol. The summed E-state index contributed by atoms with van der Waals surface area (Å²) in [4.78, 5) is 24.0. The smallest absolute Gasteiger partial charge is 0.421 e. The second-order valence-corrected chi connectivity index (χ2v) is 6.98. The number of methoxy groups -OCH3 is 1. The molecular formula is C22H20F3N5O2. The minimum absolute atomic E-state index is 0.0766. The van der Waals surface area contributed by atoms with Crippen molar-refractivity contribution in [1.29, 1.82) is 0 Å². The molecule has 0 saturated carbocycles. The fourth-order valence-electron chi connectivity index (χ4n) is 2.71. The minimum Gasteiger partial charge on any atom is -0.495 e. The number of nitrogens with zero attached hydrogens (tertiary/aromatic N) is 3. The van der Waals surface area contributed by atoms with Crippen molar-refractivity contribution in [2.24, 2.45) is 0 Å². The average Bonchev–Trinajstić information content (AvgIpc) is 2.73. The summed E-state index contributed by atoms with van der Waals surface area (Å²) in [7, 11) is 1.47. The highest BCUT2D eigenvalue weighted by Crippen LogP contribution is 2.35. The van der Waals surface area contributed by atoms with Crippen molar-refractivity contribution in [1.82, 2.24) is 15.0 Å². The second kappa shape index (κ2) is 9.46. The molecule has 0 aliphatic heterocycles. The number of carbonyl (C=O) groups is 1. The number of alkyl halides is 3. The van der Waals surface area contributed by atoms with E-state index >= 15 is 0 Å². The third-order valence-corrected chi connectivity index (χ3v) is 4.13. The fourth-order valence-corrected chi connectivity index (χ4v) is 2.71. The molecule has 0 saturated heterocycles. The van der Waals surface area contributed by atoms with Gasteiger partial charge >= 0.3 is 6.18 Å². The first kappa shape index (κ1) is 22.7. The number of rotatable bonds is 7. The van der Waals surface area contributed by atoms with E-state index in [4.69, 9.17) is 4.74 Å². The van der Waals surface area contributed by atoms with E-state index in [1.807, 2.05) is 0 Å². The van der Waals surface area contributed by atoms with Crippen molar-refractivity contribution in [2.75, 3.05) is 17.7 Å². The van der Waals surface area contributed by atoms with Crippen molar-refractivity contribution in [3.05, 3.63) is 71.7 Å². The third-order valence-electron chi connectivity index (χ3n) is 4.13. The highest BCUT2D eigenvalue weighted by atomic mass is 19.4. The number of carbonyl (C=O) groups excluding carboxylic acids is 1. The van der Waals surface area contributed by atoms with Gasteiger partial charge in [-0.1, -0.05) is 17.7 Å². The summed E-state index contributed by atoms with van der Waals surface area (Å²) in [6, 6.07) is 7.76. The molecule has 0 atom stereocenters. The predicted octanol–water partition coefficient (Wildman–Crippen LogP) is 5.54. The number of pyridine rings is 1. The van der Waals surface area contributed by atoms with Crippen LogP contribution in [-0.2, 0) is 6.18 Å². The number of nitrogens with one attached hydrogen (secondary N) is 2. The van der Waals surface area contributed by atoms with Gasteiger partial charge in [0.05, 0.1) is 25.2 Å². The fraction of sp³-hybridized carbons (Fsp3) is 0.182. The number of anilines is 4. The van der Waals surface area contributed by atoms with Gasteiger partial charge in [-0.25, -0.2) is 4.98 Å². The molecule has 0 aliphatic carbocycles. The molecule has 1 aromatic carbocycles. The topological polar surface area (TPSA) is 89.0 Å². The van der Waals surface area contributed by atoms with Crippen LogP contribution in [0.4, 0.5) is 36.3 Å². The van der Waals surface area contributed by atoms with Gasteiger partial charge in [-0.15, -0.1) is 0 Å². The number of hydrogen-bond donors (Lipinski definition) is 2. The Morgan fingerprint density at radius 3 is 2.53 bits per heavy atom. The maximum absolute atomic E-state index is 13.5. The van der Waals surface area contributed by atoms with Gasteiger partial charge < -0.3 is 15.4 Å². The number of ketones is 1. The lowest BCUT2D eigenvalue weighted by atomic mass is 10.1.